The zero-order chi connectivity index (χ0) is 26.6. The number of halogens is 1. The highest BCUT2D eigenvalue weighted by Gasteiger charge is 2.23. The molecule has 1 aliphatic rings. The van der Waals surface area contributed by atoms with Crippen molar-refractivity contribution in [2.24, 2.45) is 18.9 Å². The smallest absolute Gasteiger partial charge is 0.328 e. The van der Waals surface area contributed by atoms with E-state index in [1.54, 1.807) is 36.2 Å². The maximum absolute atomic E-state index is 12.8. The third kappa shape index (κ3) is 6.59. The lowest BCUT2D eigenvalue weighted by molar-refractivity contribution is -0.122. The van der Waals surface area contributed by atoms with E-state index in [1.165, 1.54) is 6.42 Å². The number of hydrogen-bond acceptors (Lipinski definition) is 6. The number of aryl methyl sites for hydroxylation is 2. The number of pyridine rings is 1. The molecule has 0 aliphatic carbocycles. The van der Waals surface area contributed by atoms with Crippen LogP contribution in [0.1, 0.15) is 40.5 Å². The van der Waals surface area contributed by atoms with Crippen molar-refractivity contribution in [3.05, 3.63) is 46.0 Å². The Labute approximate surface area is 216 Å². The van der Waals surface area contributed by atoms with Crippen LogP contribution in [0.4, 0.5) is 17.2 Å². The summed E-state index contributed by atoms with van der Waals surface area (Å²) in [6.07, 6.45) is 3.42. The van der Waals surface area contributed by atoms with Gasteiger partial charge in [0.05, 0.1) is 33.5 Å². The van der Waals surface area contributed by atoms with E-state index in [4.69, 9.17) is 21.5 Å². The summed E-state index contributed by atoms with van der Waals surface area (Å²) in [7, 11) is 1.77. The molecule has 2 aromatic heterocycles. The molecule has 0 saturated carbocycles. The summed E-state index contributed by atoms with van der Waals surface area (Å²) in [5.41, 5.74) is 2.35. The molecule has 1 aromatic carbocycles. The number of nitrogens with one attached hydrogen (secondary N) is 1. The Morgan fingerprint density at radius 2 is 1.83 bits per heavy atom. The van der Waals surface area contributed by atoms with E-state index in [0.29, 0.717) is 29.8 Å². The average Bonchev–Trinajstić information content (AvgIpc) is 3.02. The molecule has 0 unspecified atom stereocenters. The summed E-state index contributed by atoms with van der Waals surface area (Å²) in [6, 6.07) is 7.85. The largest absolute Gasteiger partial charge is 0.483 e. The number of anilines is 3. The van der Waals surface area contributed by atoms with Crippen molar-refractivity contribution < 1.29 is 15.0 Å². The van der Waals surface area contributed by atoms with Crippen LogP contribution in [0.5, 0.6) is 0 Å². The number of nitrogens with zero attached hydrogens (tertiary/aromatic N) is 4. The van der Waals surface area contributed by atoms with Crippen LogP contribution >= 0.6 is 11.6 Å². The summed E-state index contributed by atoms with van der Waals surface area (Å²) in [5.74, 6) is 2.18. The number of hydrogen-bond donors (Lipinski definition) is 3. The highest BCUT2D eigenvalue weighted by Crippen LogP contribution is 2.32. The molecule has 2 atom stereocenters. The van der Waals surface area contributed by atoms with Crippen molar-refractivity contribution in [3.8, 4) is 0 Å². The maximum atomic E-state index is 12.8. The predicted molar refractivity (Wildman–Crippen MR) is 144 cm³/mol. The number of rotatable bonds is 6. The molecule has 3 aromatic rings. The minimum absolute atomic E-state index is 0.0935. The molecule has 1 fully saturated rings. The molecule has 196 valence electrons. The number of aromatic nitrogens is 3. The van der Waals surface area contributed by atoms with E-state index in [1.807, 2.05) is 24.3 Å². The number of benzene rings is 1. The maximum Gasteiger partial charge on any atom is 0.328 e. The molecule has 36 heavy (non-hydrogen) atoms. The molecule has 1 saturated heterocycles. The Kier molecular flexibility index (Phi) is 8.68. The summed E-state index contributed by atoms with van der Waals surface area (Å²) in [4.78, 5) is 28.1. The van der Waals surface area contributed by atoms with Crippen molar-refractivity contribution in [2.45, 2.75) is 52.7 Å². The fourth-order valence-electron chi connectivity index (χ4n) is 4.79. The van der Waals surface area contributed by atoms with Crippen LogP contribution in [0.15, 0.2) is 35.3 Å². The van der Waals surface area contributed by atoms with E-state index < -0.39 is 5.60 Å². The van der Waals surface area contributed by atoms with Gasteiger partial charge >= 0.3 is 5.69 Å². The van der Waals surface area contributed by atoms with Crippen LogP contribution in [0.2, 0.25) is 5.02 Å². The number of fused-ring (bicyclic) bond motifs is 1. The van der Waals surface area contributed by atoms with Gasteiger partial charge < -0.3 is 20.4 Å². The predicted octanol–water partition coefficient (Wildman–Crippen LogP) is 4.48. The molecule has 1 aliphatic heterocycles. The van der Waals surface area contributed by atoms with E-state index in [2.05, 4.69) is 29.0 Å². The van der Waals surface area contributed by atoms with Crippen molar-refractivity contribution in [1.82, 2.24) is 14.1 Å². The molecule has 4 rings (SSSR count). The SMILES string of the molecule is C[C@@H]1C[C@H](C)CN(c2cc(Nc3ccc4c(c3)n(CCC(C)(C)O)c(=O)n4C)c(Cl)cn2)C1.O=CO. The molecule has 0 amide bonds. The monoisotopic (exact) mass is 517 g/mol. The second-order valence-electron chi connectivity index (χ2n) is 10.4. The van der Waals surface area contributed by atoms with Gasteiger partial charge in [0.25, 0.3) is 6.47 Å². The Hall–Kier alpha value is -3.04. The Morgan fingerprint density at radius 3 is 2.44 bits per heavy atom. The van der Waals surface area contributed by atoms with Crippen LogP contribution in [0.25, 0.3) is 11.0 Å². The summed E-state index contributed by atoms with van der Waals surface area (Å²) in [6.45, 7) is 10.2. The van der Waals surface area contributed by atoms with Crippen molar-refractivity contribution in [1.29, 1.82) is 0 Å². The Bertz CT molecular complexity index is 1250. The van der Waals surface area contributed by atoms with Gasteiger partial charge in [-0.3, -0.25) is 13.9 Å². The van der Waals surface area contributed by atoms with Gasteiger partial charge in [-0.05, 0) is 56.7 Å². The van der Waals surface area contributed by atoms with Crippen LogP contribution < -0.4 is 15.9 Å². The second-order valence-corrected chi connectivity index (χ2v) is 10.8. The minimum Gasteiger partial charge on any atom is -0.483 e. The zero-order valence-electron chi connectivity index (χ0n) is 21.5. The van der Waals surface area contributed by atoms with Gasteiger partial charge in [-0.25, -0.2) is 9.78 Å². The Balaban J connectivity index is 0.00000115. The van der Waals surface area contributed by atoms with Gasteiger partial charge in [-0.1, -0.05) is 25.4 Å². The van der Waals surface area contributed by atoms with E-state index in [9.17, 15) is 9.90 Å². The van der Waals surface area contributed by atoms with Crippen LogP contribution in [0, 0.1) is 11.8 Å². The first-order valence-electron chi connectivity index (χ1n) is 12.1. The molecular weight excluding hydrogens is 482 g/mol. The third-order valence-electron chi connectivity index (χ3n) is 6.41. The quantitative estimate of drug-likeness (QED) is 0.413. The van der Waals surface area contributed by atoms with E-state index in [-0.39, 0.29) is 12.2 Å². The molecule has 0 radical (unpaired) electrons. The van der Waals surface area contributed by atoms with Gasteiger partial charge in [0.1, 0.15) is 5.82 Å². The summed E-state index contributed by atoms with van der Waals surface area (Å²) in [5, 5.41) is 21.0. The first-order chi connectivity index (χ1) is 16.9. The lowest BCUT2D eigenvalue weighted by Crippen LogP contribution is -2.39. The van der Waals surface area contributed by atoms with Gasteiger partial charge in [-0.15, -0.1) is 0 Å². The van der Waals surface area contributed by atoms with Crippen LogP contribution in [0.3, 0.4) is 0 Å². The zero-order valence-corrected chi connectivity index (χ0v) is 22.3. The van der Waals surface area contributed by atoms with Gasteiger partial charge in [0, 0.05) is 38.4 Å². The fraction of sp³-hybridized carbons (Fsp3) is 0.500. The van der Waals surface area contributed by atoms with Crippen molar-refractivity contribution >= 4 is 46.3 Å². The first kappa shape index (κ1) is 27.5. The number of piperidine rings is 1. The molecule has 0 bridgehead atoms. The second kappa shape index (κ2) is 11.3. The highest BCUT2D eigenvalue weighted by atomic mass is 35.5. The highest BCUT2D eigenvalue weighted by molar-refractivity contribution is 6.33. The standard InChI is InChI=1S/C25H34ClN5O2.CH2O2/c1-16-10-17(2)15-30(14-16)23-12-20(19(26)13-27-23)28-18-6-7-21-22(11-18)31(24(32)29(21)5)9-8-25(3,4)33;2-1-3/h6-7,11-13,16-17,33H,8-10,14-15H2,1-5H3,(H,27,28);1H,(H,2,3)/t16-,17+;. The normalized spacial score (nSPS) is 18.0. The van der Waals surface area contributed by atoms with Crippen molar-refractivity contribution in [3.63, 3.8) is 0 Å². The number of aliphatic hydroxyl groups is 1. The van der Waals surface area contributed by atoms with Gasteiger partial charge in [0.2, 0.25) is 0 Å². The topological polar surface area (TPSA) is 113 Å². The molecule has 0 spiro atoms. The van der Waals surface area contributed by atoms with Gasteiger partial charge in [0.15, 0.2) is 0 Å². The number of carbonyl (C=O) groups is 1. The van der Waals surface area contributed by atoms with Gasteiger partial charge in [-0.2, -0.15) is 0 Å². The molecule has 10 heteroatoms. The lowest BCUT2D eigenvalue weighted by Gasteiger charge is -2.36. The molecule has 3 N–H and O–H groups in total. The van der Waals surface area contributed by atoms with Crippen LogP contribution in [-0.4, -0.2) is 49.5 Å². The summed E-state index contributed by atoms with van der Waals surface area (Å²) >= 11 is 6.49. The number of carboxylic acid groups (broad SMARTS) is 1. The molecular formula is C26H36ClN5O4. The van der Waals surface area contributed by atoms with E-state index in [0.717, 1.165) is 41.3 Å². The van der Waals surface area contributed by atoms with E-state index >= 15 is 0 Å². The van der Waals surface area contributed by atoms with Crippen LogP contribution in [-0.2, 0) is 18.4 Å². The average molecular weight is 518 g/mol. The van der Waals surface area contributed by atoms with Crippen molar-refractivity contribution in [2.75, 3.05) is 23.3 Å². The molecule has 3 heterocycles. The fourth-order valence-corrected chi connectivity index (χ4v) is 4.94. The minimum atomic E-state index is -0.845. The Morgan fingerprint density at radius 1 is 1.19 bits per heavy atom. The number of imidazole rings is 1. The molecule has 9 nitrogen and oxygen atoms in total. The summed E-state index contributed by atoms with van der Waals surface area (Å²) < 4.78 is 3.36. The third-order valence-corrected chi connectivity index (χ3v) is 6.71. The first-order valence-corrected chi connectivity index (χ1v) is 12.5. The lowest BCUT2D eigenvalue weighted by atomic mass is 9.92.